The zero-order valence-electron chi connectivity index (χ0n) is 14.4. The van der Waals surface area contributed by atoms with Crippen molar-refractivity contribution >= 4 is 6.09 Å². The molecule has 0 aliphatic carbocycles. The number of rotatable bonds is 2. The molecule has 1 amide bonds. The molecule has 9 heteroatoms. The maximum atomic E-state index is 14.9. The van der Waals surface area contributed by atoms with Crippen LogP contribution in [0.2, 0.25) is 0 Å². The summed E-state index contributed by atoms with van der Waals surface area (Å²) >= 11 is 0. The Kier molecular flexibility index (Phi) is 5.24. The number of likely N-dealkylation sites (tertiary alicyclic amines) is 1. The second-order valence-corrected chi connectivity index (χ2v) is 7.19. The van der Waals surface area contributed by atoms with Crippen molar-refractivity contribution in [3.8, 4) is 0 Å². The molecule has 2 heterocycles. The summed E-state index contributed by atoms with van der Waals surface area (Å²) in [5.74, 6) is 0. The van der Waals surface area contributed by atoms with Gasteiger partial charge in [-0.2, -0.15) is 13.2 Å². The third kappa shape index (κ3) is 5.54. The van der Waals surface area contributed by atoms with Crippen LogP contribution in [0.25, 0.3) is 0 Å². The first-order chi connectivity index (χ1) is 11.4. The van der Waals surface area contributed by atoms with E-state index < -0.39 is 29.2 Å². The predicted octanol–water partition coefficient (Wildman–Crippen LogP) is 3.78. The van der Waals surface area contributed by atoms with Crippen LogP contribution in [0.1, 0.15) is 45.0 Å². The molecule has 1 aliphatic heterocycles. The molecule has 25 heavy (non-hydrogen) atoms. The zero-order valence-corrected chi connectivity index (χ0v) is 14.4. The molecule has 5 nitrogen and oxygen atoms in total. The molecule has 0 bridgehead atoms. The molecule has 0 unspecified atom stereocenters. The number of carbonyl (C=O) groups excluding carboxylic acids is 1. The number of hydrogen-bond acceptors (Lipinski definition) is 4. The molecule has 1 aliphatic rings. The molecule has 0 spiro atoms. The van der Waals surface area contributed by atoms with E-state index in [2.05, 4.69) is 9.97 Å². The standard InChI is InChI=1S/C16H21F4N3O2/c1-14(2,3)25-13(24)23-6-4-15(17,5-7-23)8-11-9-22-12(10-21-11)16(18,19)20/h9-10H,4-8H2,1-3H3. The molecule has 1 fully saturated rings. The summed E-state index contributed by atoms with van der Waals surface area (Å²) < 4.78 is 57.5. The lowest BCUT2D eigenvalue weighted by atomic mass is 9.89. The molecule has 2 rings (SSSR count). The summed E-state index contributed by atoms with van der Waals surface area (Å²) in [5.41, 5.74) is -3.21. The van der Waals surface area contributed by atoms with Crippen LogP contribution >= 0.6 is 0 Å². The van der Waals surface area contributed by atoms with Crippen molar-refractivity contribution < 1.29 is 27.1 Å². The first-order valence-corrected chi connectivity index (χ1v) is 7.93. The number of nitrogens with zero attached hydrogens (tertiary/aromatic N) is 3. The summed E-state index contributed by atoms with van der Waals surface area (Å²) in [6, 6.07) is 0. The number of alkyl halides is 4. The second kappa shape index (κ2) is 6.76. The number of piperidine rings is 1. The summed E-state index contributed by atoms with van der Waals surface area (Å²) in [6.07, 6.45) is -3.52. The quantitative estimate of drug-likeness (QED) is 0.751. The van der Waals surface area contributed by atoms with Crippen LogP contribution in [0, 0.1) is 0 Å². The zero-order chi connectivity index (χ0) is 18.9. The molecule has 1 saturated heterocycles. The van der Waals surface area contributed by atoms with Gasteiger partial charge in [0.05, 0.1) is 11.9 Å². The number of amides is 1. The van der Waals surface area contributed by atoms with Crippen LogP contribution in [0.4, 0.5) is 22.4 Å². The van der Waals surface area contributed by atoms with E-state index in [-0.39, 0.29) is 38.0 Å². The molecule has 0 radical (unpaired) electrons. The Hall–Kier alpha value is -1.93. The molecular formula is C16H21F4N3O2. The topological polar surface area (TPSA) is 55.3 Å². The number of aromatic nitrogens is 2. The van der Waals surface area contributed by atoms with Crippen molar-refractivity contribution in [3.63, 3.8) is 0 Å². The fourth-order valence-corrected chi connectivity index (χ4v) is 2.51. The van der Waals surface area contributed by atoms with Crippen molar-refractivity contribution in [1.29, 1.82) is 0 Å². The Balaban J connectivity index is 1.93. The average molecular weight is 363 g/mol. The Morgan fingerprint density at radius 1 is 1.20 bits per heavy atom. The lowest BCUT2D eigenvalue weighted by molar-refractivity contribution is -0.141. The van der Waals surface area contributed by atoms with Crippen molar-refractivity contribution in [1.82, 2.24) is 14.9 Å². The van der Waals surface area contributed by atoms with Gasteiger partial charge in [-0.05, 0) is 33.6 Å². The van der Waals surface area contributed by atoms with Gasteiger partial charge in [-0.15, -0.1) is 0 Å². The van der Waals surface area contributed by atoms with Crippen molar-refractivity contribution in [2.75, 3.05) is 13.1 Å². The highest BCUT2D eigenvalue weighted by Crippen LogP contribution is 2.31. The molecule has 0 N–H and O–H groups in total. The van der Waals surface area contributed by atoms with E-state index in [0.29, 0.717) is 6.20 Å². The lowest BCUT2D eigenvalue weighted by Gasteiger charge is -2.36. The maximum absolute atomic E-state index is 14.9. The second-order valence-electron chi connectivity index (χ2n) is 7.19. The maximum Gasteiger partial charge on any atom is 0.434 e. The SMILES string of the molecule is CC(C)(C)OC(=O)N1CCC(F)(Cc2cnc(C(F)(F)F)cn2)CC1. The first kappa shape index (κ1) is 19.4. The van der Waals surface area contributed by atoms with Crippen molar-refractivity contribution in [2.24, 2.45) is 0 Å². The van der Waals surface area contributed by atoms with Gasteiger partial charge in [-0.25, -0.2) is 14.2 Å². The Labute approximate surface area is 143 Å². The smallest absolute Gasteiger partial charge is 0.434 e. The van der Waals surface area contributed by atoms with Gasteiger partial charge >= 0.3 is 12.3 Å². The normalized spacial score (nSPS) is 18.1. The van der Waals surface area contributed by atoms with E-state index in [1.54, 1.807) is 20.8 Å². The van der Waals surface area contributed by atoms with Gasteiger partial charge in [0, 0.05) is 25.7 Å². The largest absolute Gasteiger partial charge is 0.444 e. The third-order valence-corrected chi connectivity index (χ3v) is 3.80. The van der Waals surface area contributed by atoms with Gasteiger partial charge in [-0.3, -0.25) is 4.98 Å². The van der Waals surface area contributed by atoms with Crippen LogP contribution in [-0.2, 0) is 17.3 Å². The highest BCUT2D eigenvalue weighted by Gasteiger charge is 2.38. The first-order valence-electron chi connectivity index (χ1n) is 7.93. The van der Waals surface area contributed by atoms with Gasteiger partial charge in [0.1, 0.15) is 11.3 Å². The van der Waals surface area contributed by atoms with Gasteiger partial charge in [0.25, 0.3) is 0 Å². The predicted molar refractivity (Wildman–Crippen MR) is 81.6 cm³/mol. The van der Waals surface area contributed by atoms with Gasteiger partial charge in [0.15, 0.2) is 5.69 Å². The molecule has 140 valence electrons. The van der Waals surface area contributed by atoms with Crippen LogP contribution in [-0.4, -0.2) is 45.3 Å². The van der Waals surface area contributed by atoms with Gasteiger partial charge in [-0.1, -0.05) is 0 Å². The fraction of sp³-hybridized carbons (Fsp3) is 0.688. The van der Waals surface area contributed by atoms with Crippen LogP contribution < -0.4 is 0 Å². The molecule has 1 aromatic heterocycles. The van der Waals surface area contributed by atoms with Gasteiger partial charge in [0.2, 0.25) is 0 Å². The monoisotopic (exact) mass is 363 g/mol. The number of carbonyl (C=O) groups is 1. The number of ether oxygens (including phenoxy) is 1. The summed E-state index contributed by atoms with van der Waals surface area (Å²) in [7, 11) is 0. The van der Waals surface area contributed by atoms with E-state index in [1.165, 1.54) is 4.90 Å². The Morgan fingerprint density at radius 2 is 1.80 bits per heavy atom. The number of hydrogen-bond donors (Lipinski definition) is 0. The Bertz CT molecular complexity index is 603. The molecule has 0 saturated carbocycles. The Morgan fingerprint density at radius 3 is 2.24 bits per heavy atom. The van der Waals surface area contributed by atoms with Crippen LogP contribution in [0.15, 0.2) is 12.4 Å². The highest BCUT2D eigenvalue weighted by molar-refractivity contribution is 5.68. The van der Waals surface area contributed by atoms with Crippen molar-refractivity contribution in [2.45, 2.75) is 57.5 Å². The van der Waals surface area contributed by atoms with E-state index >= 15 is 0 Å². The van der Waals surface area contributed by atoms with E-state index in [9.17, 15) is 22.4 Å². The molecule has 1 aromatic rings. The molecule has 0 atom stereocenters. The van der Waals surface area contributed by atoms with E-state index in [1.807, 2.05) is 0 Å². The minimum absolute atomic E-state index is 0.0644. The highest BCUT2D eigenvalue weighted by atomic mass is 19.4. The summed E-state index contributed by atoms with van der Waals surface area (Å²) in [5, 5.41) is 0. The molecule has 0 aromatic carbocycles. The minimum atomic E-state index is -4.57. The fourth-order valence-electron chi connectivity index (χ4n) is 2.51. The summed E-state index contributed by atoms with van der Waals surface area (Å²) in [4.78, 5) is 20.3. The molecular weight excluding hydrogens is 342 g/mol. The average Bonchev–Trinajstić information content (AvgIpc) is 2.45. The third-order valence-electron chi connectivity index (χ3n) is 3.80. The number of halogens is 4. The summed E-state index contributed by atoms with van der Waals surface area (Å²) in [6.45, 7) is 5.60. The van der Waals surface area contributed by atoms with Gasteiger partial charge < -0.3 is 9.64 Å². The van der Waals surface area contributed by atoms with E-state index in [0.717, 1.165) is 6.20 Å². The van der Waals surface area contributed by atoms with Crippen molar-refractivity contribution in [3.05, 3.63) is 23.8 Å². The van der Waals surface area contributed by atoms with Crippen LogP contribution in [0.3, 0.4) is 0 Å². The lowest BCUT2D eigenvalue weighted by Crippen LogP contribution is -2.47. The van der Waals surface area contributed by atoms with Crippen LogP contribution in [0.5, 0.6) is 0 Å². The van der Waals surface area contributed by atoms with E-state index in [4.69, 9.17) is 4.74 Å². The minimum Gasteiger partial charge on any atom is -0.444 e.